The molecule has 0 saturated heterocycles. The fourth-order valence-electron chi connectivity index (χ4n) is 1.22. The first kappa shape index (κ1) is 9.86. The van der Waals surface area contributed by atoms with Crippen LogP contribution in [-0.2, 0) is 0 Å². The van der Waals surface area contributed by atoms with Gasteiger partial charge in [0.05, 0.1) is 11.1 Å². The Kier molecular flexibility index (Phi) is 2.69. The Morgan fingerprint density at radius 1 is 1.36 bits per heavy atom. The number of benzene rings is 1. The molecule has 0 fully saturated rings. The standard InChI is InChI=1S/C10H5ClINO/c11-10-7(5-14)3-6-1-2-8(12)4-9(6)13-10/h1-5H. The molecule has 0 spiro atoms. The van der Waals surface area contributed by atoms with Gasteiger partial charge >= 0.3 is 0 Å². The lowest BCUT2D eigenvalue weighted by molar-refractivity contribution is 0.112. The highest BCUT2D eigenvalue weighted by molar-refractivity contribution is 14.1. The molecule has 0 bridgehead atoms. The summed E-state index contributed by atoms with van der Waals surface area (Å²) < 4.78 is 1.09. The monoisotopic (exact) mass is 317 g/mol. The first-order valence-electron chi connectivity index (χ1n) is 3.91. The molecule has 0 N–H and O–H groups in total. The Bertz CT molecular complexity index is 513. The van der Waals surface area contributed by atoms with E-state index in [1.54, 1.807) is 6.07 Å². The quantitative estimate of drug-likeness (QED) is 0.459. The summed E-state index contributed by atoms with van der Waals surface area (Å²) in [6.07, 6.45) is 0.715. The van der Waals surface area contributed by atoms with Crippen molar-refractivity contribution < 1.29 is 4.79 Å². The molecule has 0 aliphatic rings. The summed E-state index contributed by atoms with van der Waals surface area (Å²) in [6.45, 7) is 0. The lowest BCUT2D eigenvalue weighted by atomic mass is 10.2. The van der Waals surface area contributed by atoms with Crippen molar-refractivity contribution in [1.29, 1.82) is 0 Å². The largest absolute Gasteiger partial charge is 0.298 e. The number of carbonyl (C=O) groups excluding carboxylic acids is 1. The van der Waals surface area contributed by atoms with Gasteiger partial charge in [-0.05, 0) is 40.8 Å². The molecule has 70 valence electrons. The minimum Gasteiger partial charge on any atom is -0.298 e. The van der Waals surface area contributed by atoms with E-state index in [-0.39, 0.29) is 5.15 Å². The highest BCUT2D eigenvalue weighted by atomic mass is 127. The van der Waals surface area contributed by atoms with E-state index in [1.807, 2.05) is 18.2 Å². The topological polar surface area (TPSA) is 30.0 Å². The second kappa shape index (κ2) is 3.82. The number of rotatable bonds is 1. The van der Waals surface area contributed by atoms with Gasteiger partial charge in [0.15, 0.2) is 6.29 Å². The van der Waals surface area contributed by atoms with Crippen LogP contribution in [0.5, 0.6) is 0 Å². The molecule has 0 unspecified atom stereocenters. The summed E-state index contributed by atoms with van der Waals surface area (Å²) in [5.41, 5.74) is 1.24. The van der Waals surface area contributed by atoms with Crippen LogP contribution in [0.3, 0.4) is 0 Å². The zero-order valence-electron chi connectivity index (χ0n) is 7.00. The van der Waals surface area contributed by atoms with Crippen molar-refractivity contribution in [2.24, 2.45) is 0 Å². The van der Waals surface area contributed by atoms with E-state index in [0.29, 0.717) is 11.8 Å². The normalized spacial score (nSPS) is 10.4. The van der Waals surface area contributed by atoms with Gasteiger partial charge < -0.3 is 0 Å². The lowest BCUT2D eigenvalue weighted by Gasteiger charge is -2.00. The maximum absolute atomic E-state index is 10.6. The molecule has 0 aliphatic carbocycles. The van der Waals surface area contributed by atoms with Gasteiger partial charge in [0.2, 0.25) is 0 Å². The molecule has 0 amide bonds. The van der Waals surface area contributed by atoms with Crippen LogP contribution in [0.25, 0.3) is 10.9 Å². The fraction of sp³-hybridized carbons (Fsp3) is 0. The van der Waals surface area contributed by atoms with Gasteiger partial charge in [-0.15, -0.1) is 0 Å². The van der Waals surface area contributed by atoms with Gasteiger partial charge in [0.1, 0.15) is 5.15 Å². The third-order valence-corrected chi connectivity index (χ3v) is 2.86. The van der Waals surface area contributed by atoms with Gasteiger partial charge in [0.25, 0.3) is 0 Å². The van der Waals surface area contributed by atoms with Crippen LogP contribution in [0.15, 0.2) is 24.3 Å². The van der Waals surface area contributed by atoms with Crippen molar-refractivity contribution in [2.45, 2.75) is 0 Å². The summed E-state index contributed by atoms with van der Waals surface area (Å²) >= 11 is 8.02. The third-order valence-electron chi connectivity index (χ3n) is 1.89. The number of halogens is 2. The number of carbonyl (C=O) groups is 1. The molecule has 2 aromatic rings. The van der Waals surface area contributed by atoms with Crippen molar-refractivity contribution in [3.8, 4) is 0 Å². The van der Waals surface area contributed by atoms with E-state index >= 15 is 0 Å². The molecule has 1 aromatic heterocycles. The average molecular weight is 318 g/mol. The van der Waals surface area contributed by atoms with Crippen LogP contribution in [0.4, 0.5) is 0 Å². The van der Waals surface area contributed by atoms with E-state index in [2.05, 4.69) is 27.6 Å². The summed E-state index contributed by atoms with van der Waals surface area (Å²) in [4.78, 5) is 14.7. The summed E-state index contributed by atoms with van der Waals surface area (Å²) in [5.74, 6) is 0. The predicted molar refractivity (Wildman–Crippen MR) is 64.9 cm³/mol. The van der Waals surface area contributed by atoms with E-state index < -0.39 is 0 Å². The molecular weight excluding hydrogens is 312 g/mol. The molecule has 14 heavy (non-hydrogen) atoms. The van der Waals surface area contributed by atoms with Crippen molar-refractivity contribution >= 4 is 51.4 Å². The van der Waals surface area contributed by atoms with E-state index in [4.69, 9.17) is 11.6 Å². The van der Waals surface area contributed by atoms with Crippen LogP contribution < -0.4 is 0 Å². The van der Waals surface area contributed by atoms with Gasteiger partial charge in [0, 0.05) is 8.96 Å². The Morgan fingerprint density at radius 2 is 2.14 bits per heavy atom. The highest BCUT2D eigenvalue weighted by Crippen LogP contribution is 2.20. The smallest absolute Gasteiger partial charge is 0.153 e. The number of aromatic nitrogens is 1. The SMILES string of the molecule is O=Cc1cc2ccc(I)cc2nc1Cl. The molecule has 0 radical (unpaired) electrons. The van der Waals surface area contributed by atoms with Gasteiger partial charge in [-0.1, -0.05) is 17.7 Å². The van der Waals surface area contributed by atoms with Crippen LogP contribution >= 0.6 is 34.2 Å². The van der Waals surface area contributed by atoms with Gasteiger partial charge in [-0.3, -0.25) is 4.79 Å². The maximum atomic E-state index is 10.6. The Hall–Kier alpha value is -0.680. The van der Waals surface area contributed by atoms with Crippen LogP contribution in [0.1, 0.15) is 10.4 Å². The first-order chi connectivity index (χ1) is 6.70. The average Bonchev–Trinajstić information content (AvgIpc) is 2.16. The Balaban J connectivity index is 2.79. The Labute approximate surface area is 99.4 Å². The van der Waals surface area contributed by atoms with E-state index in [1.165, 1.54) is 0 Å². The van der Waals surface area contributed by atoms with Crippen LogP contribution in [0.2, 0.25) is 5.15 Å². The van der Waals surface area contributed by atoms with Gasteiger partial charge in [-0.25, -0.2) is 4.98 Å². The zero-order chi connectivity index (χ0) is 10.1. The Morgan fingerprint density at radius 3 is 2.86 bits per heavy atom. The van der Waals surface area contributed by atoms with E-state index in [0.717, 1.165) is 14.5 Å². The number of hydrogen-bond donors (Lipinski definition) is 0. The molecule has 2 nitrogen and oxygen atoms in total. The van der Waals surface area contributed by atoms with Gasteiger partial charge in [-0.2, -0.15) is 0 Å². The molecule has 0 aliphatic heterocycles. The summed E-state index contributed by atoms with van der Waals surface area (Å²) in [7, 11) is 0. The van der Waals surface area contributed by atoms with E-state index in [9.17, 15) is 4.79 Å². The molecule has 0 saturated carbocycles. The second-order valence-corrected chi connectivity index (χ2v) is 4.43. The molecular formula is C10H5ClINO. The minimum atomic E-state index is 0.259. The summed E-state index contributed by atoms with van der Waals surface area (Å²) in [5, 5.41) is 1.19. The number of nitrogens with zero attached hydrogens (tertiary/aromatic N) is 1. The minimum absolute atomic E-state index is 0.259. The second-order valence-electron chi connectivity index (χ2n) is 2.82. The molecule has 1 heterocycles. The third kappa shape index (κ3) is 1.74. The van der Waals surface area contributed by atoms with Crippen molar-refractivity contribution in [3.05, 3.63) is 38.6 Å². The van der Waals surface area contributed by atoms with Crippen LogP contribution in [-0.4, -0.2) is 11.3 Å². The van der Waals surface area contributed by atoms with Crippen molar-refractivity contribution in [2.75, 3.05) is 0 Å². The summed E-state index contributed by atoms with van der Waals surface area (Å²) in [6, 6.07) is 7.56. The zero-order valence-corrected chi connectivity index (χ0v) is 9.91. The molecule has 4 heteroatoms. The molecule has 0 atom stereocenters. The number of pyridine rings is 1. The fourth-order valence-corrected chi connectivity index (χ4v) is 1.88. The molecule has 1 aromatic carbocycles. The van der Waals surface area contributed by atoms with Crippen molar-refractivity contribution in [1.82, 2.24) is 4.98 Å². The van der Waals surface area contributed by atoms with Crippen molar-refractivity contribution in [3.63, 3.8) is 0 Å². The number of hydrogen-bond acceptors (Lipinski definition) is 2. The number of fused-ring (bicyclic) bond motifs is 1. The predicted octanol–water partition coefficient (Wildman–Crippen LogP) is 3.31. The lowest BCUT2D eigenvalue weighted by Crippen LogP contribution is -1.88. The van der Waals surface area contributed by atoms with Crippen LogP contribution in [0, 0.1) is 3.57 Å². The maximum Gasteiger partial charge on any atom is 0.153 e. The highest BCUT2D eigenvalue weighted by Gasteiger charge is 2.03. The molecule has 2 rings (SSSR count). The first-order valence-corrected chi connectivity index (χ1v) is 5.37. The number of aldehydes is 1.